The van der Waals surface area contributed by atoms with Crippen LogP contribution >= 0.6 is 0 Å². The first kappa shape index (κ1) is 82.5. The number of ether oxygens (including phenoxy) is 9. The van der Waals surface area contributed by atoms with Crippen molar-refractivity contribution in [2.45, 2.75) is 101 Å². The number of piperazine rings is 1. The average Bonchev–Trinajstić information content (AvgIpc) is 1.60. The third kappa shape index (κ3) is 23.7. The Hall–Kier alpha value is -9.60. The molecule has 4 aromatic carbocycles. The molecule has 8 fully saturated rings. The van der Waals surface area contributed by atoms with Crippen molar-refractivity contribution < 1.29 is 114 Å². The molecule has 0 saturated carbocycles. The van der Waals surface area contributed by atoms with Crippen LogP contribution < -0.4 is 81.1 Å². The lowest BCUT2D eigenvalue weighted by Gasteiger charge is -2.37. The number of piperidine rings is 1. The van der Waals surface area contributed by atoms with Crippen LogP contribution in [0.15, 0.2) is 72.8 Å². The summed E-state index contributed by atoms with van der Waals surface area (Å²) in [7, 11) is 1.59. The van der Waals surface area contributed by atoms with Crippen LogP contribution in [0.4, 0.5) is 59.5 Å². The fraction of sp³-hybridized carbons (Fsp3) is 0.549. The Kier molecular flexibility index (Phi) is 29.8. The number of halogens is 4. The summed E-state index contributed by atoms with van der Waals surface area (Å²) in [6, 6.07) is 17.0. The van der Waals surface area contributed by atoms with Crippen LogP contribution in [0.2, 0.25) is 0 Å². The van der Waals surface area contributed by atoms with Gasteiger partial charge >= 0.3 is 24.4 Å². The van der Waals surface area contributed by atoms with Crippen molar-refractivity contribution in [2.75, 3.05) is 171 Å². The Balaban J connectivity index is 0.000000166. The van der Waals surface area contributed by atoms with Crippen LogP contribution in [0.5, 0.6) is 23.0 Å². The molecule has 8 amide bonds. The van der Waals surface area contributed by atoms with E-state index in [0.29, 0.717) is 81.5 Å². The number of benzene rings is 4. The zero-order valence-corrected chi connectivity index (χ0v) is 60.7. The molecule has 8 heterocycles. The smallest absolute Gasteiger partial charge is 0.414 e. The van der Waals surface area contributed by atoms with Crippen LogP contribution in [-0.2, 0) is 42.9 Å². The van der Waals surface area contributed by atoms with Gasteiger partial charge in [0.25, 0.3) is 0 Å². The van der Waals surface area contributed by atoms with E-state index in [9.17, 15) is 71.2 Å². The van der Waals surface area contributed by atoms with Gasteiger partial charge in [-0.25, -0.2) is 36.7 Å². The van der Waals surface area contributed by atoms with Gasteiger partial charge in [0.1, 0.15) is 55.4 Å². The van der Waals surface area contributed by atoms with Crippen LogP contribution in [0.3, 0.4) is 0 Å². The van der Waals surface area contributed by atoms with E-state index < -0.39 is 89.4 Å². The molecular formula is C71H95F4N13O20. The van der Waals surface area contributed by atoms with Gasteiger partial charge in [0, 0.05) is 124 Å². The number of β-amino-alcohol motifs (C(OH)–C–C–N with tert-alkyl or cyclic N) is 2. The molecule has 0 bridgehead atoms. The van der Waals surface area contributed by atoms with E-state index in [-0.39, 0.29) is 131 Å². The molecule has 8 aliphatic rings. The quantitative estimate of drug-likeness (QED) is 0.0315. The zero-order chi connectivity index (χ0) is 77.7. The van der Waals surface area contributed by atoms with Crippen molar-refractivity contribution in [3.05, 3.63) is 96.1 Å². The first-order chi connectivity index (χ1) is 51.6. The number of aliphatic hydroxyl groups is 3. The van der Waals surface area contributed by atoms with Crippen molar-refractivity contribution in [1.29, 1.82) is 0 Å². The lowest BCUT2D eigenvalue weighted by atomic mass is 9.87. The lowest BCUT2D eigenvalue weighted by Crippen LogP contribution is -2.54. The number of aliphatic hydroxyl groups excluding tert-OH is 1. The number of cyclic esters (lactones) is 4. The van der Waals surface area contributed by atoms with Crippen LogP contribution in [0.1, 0.15) is 47.0 Å². The topological polar surface area (TPSA) is 393 Å². The fourth-order valence-electron chi connectivity index (χ4n) is 12.4. The molecule has 37 heteroatoms. The standard InChI is InChI=1S/C19H26FN3O6.C18H25FN4O4.2C17H22FN3O5/c1-12(24)22-9-14-11-23(18(26)29-14)13-2-3-16(15(20)8-13)28-7-5-19(27)4-6-21-10-17(19)25;1-13(24)21-11-15-12-23(18(25)27-15)14-2-3-17(16(19)10-14)26-9-8-22-6-4-20-5-7-22;1-10(22)20-6-12-9-21(17(23)25-12)11-3-4-14(13(18)5-11)26-16-8-19-7-15(16)24-2;1-11(22)20-7-13-8-21(16(23)26-13)12-2-3-15(14(18)6-12)25-10-17(24)4-5-19-9-17/h2-3,8,14,17,21,25,27H,4-7,9-11H2,1H3,(H,22,24);2-3,10,15,20H,4-9,11-12H2,1H3,(H,21,24);3-5,12,15-16,19H,6-9H2,1-2H3,(H,20,22);2-3,6,13,19,24H,4-5,7-10H2,1H3,(H,20,22)/t14?,17-,19-;;12-,15-,16-;13-,17?/m0.00/s1. The van der Waals surface area contributed by atoms with Gasteiger partial charge in [0.2, 0.25) is 23.6 Å². The van der Waals surface area contributed by atoms with E-state index >= 15 is 0 Å². The van der Waals surface area contributed by atoms with Gasteiger partial charge in [-0.3, -0.25) is 43.7 Å². The number of carbonyl (C=O) groups is 8. The van der Waals surface area contributed by atoms with Gasteiger partial charge in [-0.1, -0.05) is 0 Å². The first-order valence-electron chi connectivity index (χ1n) is 35.5. The SMILES string of the molecule is CC(=O)NCC1CN(c2ccc(OCCN3CCNCC3)c(F)c2)C(=O)O1.CC(=O)NCC1CN(c2ccc(OCC[C@@]3(O)CCNC[C@@H]3O)c(F)c2)C(=O)O1.CC(=O)NC[C@H]1CN(c2ccc(OCC3(O)CCNC3)c(F)c2)C(=O)O1.CO[C@H]1CNC[C@@H]1Oc1ccc(N2C[C@H](CNC(C)=O)OC2=O)cc1F. The molecule has 8 saturated heterocycles. The number of nitrogens with one attached hydrogen (secondary N) is 8. The van der Waals surface area contributed by atoms with E-state index in [2.05, 4.69) is 47.4 Å². The van der Waals surface area contributed by atoms with Crippen molar-refractivity contribution in [2.24, 2.45) is 0 Å². The number of amides is 8. The second-order valence-electron chi connectivity index (χ2n) is 26.8. The molecule has 8 aliphatic heterocycles. The highest BCUT2D eigenvalue weighted by atomic mass is 19.1. The van der Waals surface area contributed by atoms with Crippen LogP contribution in [0, 0.1) is 23.3 Å². The summed E-state index contributed by atoms with van der Waals surface area (Å²) in [6.45, 7) is 15.5. The molecule has 3 unspecified atom stereocenters. The largest absolute Gasteiger partial charge is 0.490 e. The molecule has 12 rings (SSSR count). The van der Waals surface area contributed by atoms with Gasteiger partial charge in [-0.05, 0) is 74.5 Å². The maximum atomic E-state index is 14.4. The van der Waals surface area contributed by atoms with E-state index in [1.165, 1.54) is 102 Å². The zero-order valence-electron chi connectivity index (χ0n) is 60.7. The minimum absolute atomic E-state index is 0.0106. The van der Waals surface area contributed by atoms with Gasteiger partial charge in [0.15, 0.2) is 46.3 Å². The molecule has 0 radical (unpaired) electrons. The number of methoxy groups -OCH3 is 1. The molecule has 4 aromatic rings. The Morgan fingerprint density at radius 1 is 0.500 bits per heavy atom. The average molecular weight is 1530 g/mol. The maximum absolute atomic E-state index is 14.4. The minimum atomic E-state index is -1.26. The van der Waals surface area contributed by atoms with Gasteiger partial charge in [-0.15, -0.1) is 0 Å². The summed E-state index contributed by atoms with van der Waals surface area (Å²) >= 11 is 0. The molecule has 0 spiro atoms. The first-order valence-corrected chi connectivity index (χ1v) is 35.5. The maximum Gasteiger partial charge on any atom is 0.414 e. The minimum Gasteiger partial charge on any atom is -0.490 e. The molecule has 0 aromatic heterocycles. The van der Waals surface area contributed by atoms with E-state index in [1.807, 2.05) is 0 Å². The molecule has 9 atom stereocenters. The number of hydrogen-bond donors (Lipinski definition) is 11. The Bertz CT molecular complexity index is 3770. The number of carbonyl (C=O) groups excluding carboxylic acids is 8. The molecule has 0 aliphatic carbocycles. The van der Waals surface area contributed by atoms with Crippen molar-refractivity contribution in [3.63, 3.8) is 0 Å². The van der Waals surface area contributed by atoms with Crippen molar-refractivity contribution in [3.8, 4) is 23.0 Å². The predicted octanol–water partition coefficient (Wildman–Crippen LogP) is 1.76. The van der Waals surface area contributed by atoms with Crippen LogP contribution in [0.25, 0.3) is 0 Å². The molecule has 11 N–H and O–H groups in total. The Labute approximate surface area is 620 Å². The number of anilines is 4. The summed E-state index contributed by atoms with van der Waals surface area (Å²) in [6.07, 6.45) is -4.51. The highest BCUT2D eigenvalue weighted by molar-refractivity contribution is 5.92. The summed E-state index contributed by atoms with van der Waals surface area (Å²) in [4.78, 5) is 99.4. The predicted molar refractivity (Wildman–Crippen MR) is 380 cm³/mol. The highest BCUT2D eigenvalue weighted by Crippen LogP contribution is 2.33. The van der Waals surface area contributed by atoms with E-state index in [4.69, 9.17) is 42.6 Å². The summed E-state index contributed by atoms with van der Waals surface area (Å²) < 4.78 is 106. The third-order valence-corrected chi connectivity index (χ3v) is 18.5. The van der Waals surface area contributed by atoms with Gasteiger partial charge < -0.3 is 100 Å². The highest BCUT2D eigenvalue weighted by Gasteiger charge is 2.40. The molecule has 33 nitrogen and oxygen atoms in total. The number of rotatable bonds is 26. The lowest BCUT2D eigenvalue weighted by molar-refractivity contribution is -0.120. The fourth-order valence-corrected chi connectivity index (χ4v) is 12.4. The molecule has 592 valence electrons. The molecular weight excluding hydrogens is 1430 g/mol. The summed E-state index contributed by atoms with van der Waals surface area (Å²) in [5, 5.41) is 53.4. The van der Waals surface area contributed by atoms with E-state index in [1.54, 1.807) is 25.3 Å². The molecule has 108 heavy (non-hydrogen) atoms. The van der Waals surface area contributed by atoms with Gasteiger partial charge in [0.05, 0.1) is 93.4 Å². The normalized spacial score (nSPS) is 24.5. The van der Waals surface area contributed by atoms with Crippen molar-refractivity contribution in [1.82, 2.24) is 47.4 Å². The van der Waals surface area contributed by atoms with Gasteiger partial charge in [-0.2, -0.15) is 0 Å². The Morgan fingerprint density at radius 3 is 1.27 bits per heavy atom. The second-order valence-corrected chi connectivity index (χ2v) is 26.8. The second kappa shape index (κ2) is 39.0. The number of hydrogen-bond acceptors (Lipinski definition) is 25. The third-order valence-electron chi connectivity index (χ3n) is 18.5. The monoisotopic (exact) mass is 1530 g/mol. The Morgan fingerprint density at radius 2 is 0.889 bits per heavy atom. The summed E-state index contributed by atoms with van der Waals surface area (Å²) in [5.74, 6) is -2.95. The van der Waals surface area contributed by atoms with Crippen LogP contribution in [-0.4, -0.2) is 273 Å². The number of nitrogens with zero attached hydrogens (tertiary/aromatic N) is 5. The van der Waals surface area contributed by atoms with E-state index in [0.717, 1.165) is 32.7 Å². The van der Waals surface area contributed by atoms with Crippen molar-refractivity contribution >= 4 is 70.8 Å². The summed E-state index contributed by atoms with van der Waals surface area (Å²) in [5.41, 5.74) is -0.829.